The first kappa shape index (κ1) is 26.7. The molecule has 2 unspecified atom stereocenters. The van der Waals surface area contributed by atoms with Crippen molar-refractivity contribution in [1.82, 2.24) is 0 Å². The quantitative estimate of drug-likeness (QED) is 0.280. The van der Waals surface area contributed by atoms with Crippen LogP contribution in [-0.4, -0.2) is 93.4 Å². The molecule has 1 aromatic rings. The van der Waals surface area contributed by atoms with E-state index in [0.29, 0.717) is 5.56 Å². The van der Waals surface area contributed by atoms with Gasteiger partial charge in [-0.05, 0) is 18.4 Å². The number of esters is 1. The topological polar surface area (TPSA) is 162 Å². The van der Waals surface area contributed by atoms with Gasteiger partial charge in [0.15, 0.2) is 23.9 Å². The molecule has 1 aliphatic heterocycles. The van der Waals surface area contributed by atoms with Crippen LogP contribution in [0.2, 0.25) is 0 Å². The minimum absolute atomic E-state index is 0.0405. The average molecular weight is 469 g/mol. The first-order chi connectivity index (χ1) is 15.4. The zero-order valence-electron chi connectivity index (χ0n) is 19.0. The molecule has 2 aliphatic rings. The number of hydrogen-bond acceptors (Lipinski definition) is 7. The molecular formula is C23H34NO9+. The van der Waals surface area contributed by atoms with Gasteiger partial charge >= 0.3 is 17.9 Å². The van der Waals surface area contributed by atoms with Crippen molar-refractivity contribution in [3.05, 3.63) is 35.9 Å². The van der Waals surface area contributed by atoms with Crippen LogP contribution in [0.25, 0.3) is 0 Å². The number of carbonyl (C=O) groups is 3. The van der Waals surface area contributed by atoms with Crippen molar-refractivity contribution >= 4 is 17.9 Å². The van der Waals surface area contributed by atoms with Crippen LogP contribution in [0.5, 0.6) is 0 Å². The van der Waals surface area contributed by atoms with Crippen LogP contribution < -0.4 is 0 Å². The Morgan fingerprint density at radius 3 is 1.91 bits per heavy atom. The smallest absolute Gasteiger partial charge is 0.343 e. The Morgan fingerprint density at radius 2 is 1.48 bits per heavy atom. The molecule has 10 heteroatoms. The molecule has 4 atom stereocenters. The summed E-state index contributed by atoms with van der Waals surface area (Å²) < 4.78 is 6.64. The zero-order valence-corrected chi connectivity index (χ0v) is 19.0. The number of likely N-dealkylation sites (N-methyl/N-ethyl adjacent to an activating group) is 1. The van der Waals surface area contributed by atoms with E-state index < -0.39 is 35.7 Å². The van der Waals surface area contributed by atoms with E-state index in [1.54, 1.807) is 0 Å². The molecule has 33 heavy (non-hydrogen) atoms. The predicted molar refractivity (Wildman–Crippen MR) is 116 cm³/mol. The lowest BCUT2D eigenvalue weighted by atomic mass is 9.80. The molecule has 1 saturated carbocycles. The number of nitrogens with zero attached hydrogens (tertiary/aromatic N) is 1. The van der Waals surface area contributed by atoms with Crippen LogP contribution in [0.1, 0.15) is 37.7 Å². The maximum atomic E-state index is 12.9. The number of hydrogen-bond donors (Lipinski definition) is 5. The van der Waals surface area contributed by atoms with Gasteiger partial charge in [0, 0.05) is 12.3 Å². The SMILES string of the molecule is C[N+]1(C)CCC(OC(=O)C(O)(c2ccccc2)C2CCCC2)C1.O=C(O)[C@H](O)[C@@H](O)C(=O)O. The van der Waals surface area contributed by atoms with Crippen molar-refractivity contribution in [2.75, 3.05) is 27.2 Å². The molecule has 1 saturated heterocycles. The van der Waals surface area contributed by atoms with E-state index in [1.807, 2.05) is 30.3 Å². The largest absolute Gasteiger partial charge is 0.479 e. The summed E-state index contributed by atoms with van der Waals surface area (Å²) in [6.07, 6.45) is 0.151. The van der Waals surface area contributed by atoms with Gasteiger partial charge in [-0.1, -0.05) is 43.2 Å². The van der Waals surface area contributed by atoms with E-state index in [9.17, 15) is 19.5 Å². The van der Waals surface area contributed by atoms with E-state index in [2.05, 4.69) is 14.1 Å². The van der Waals surface area contributed by atoms with Gasteiger partial charge in [0.05, 0.1) is 20.6 Å². The third-order valence-electron chi connectivity index (χ3n) is 6.30. The van der Waals surface area contributed by atoms with Gasteiger partial charge in [-0.25, -0.2) is 14.4 Å². The lowest BCUT2D eigenvalue weighted by molar-refractivity contribution is -0.879. The van der Waals surface area contributed by atoms with Gasteiger partial charge in [-0.2, -0.15) is 0 Å². The highest BCUT2D eigenvalue weighted by atomic mass is 16.6. The predicted octanol–water partition coefficient (Wildman–Crippen LogP) is 0.334. The van der Waals surface area contributed by atoms with Crippen molar-refractivity contribution in [3.8, 4) is 0 Å². The Morgan fingerprint density at radius 1 is 0.970 bits per heavy atom. The molecule has 0 bridgehead atoms. The number of likely N-dealkylation sites (tertiary alicyclic amines) is 1. The molecule has 184 valence electrons. The number of carboxylic acids is 2. The number of carboxylic acid groups (broad SMARTS) is 2. The molecule has 2 fully saturated rings. The van der Waals surface area contributed by atoms with Gasteiger partial charge in [-0.15, -0.1) is 0 Å². The van der Waals surface area contributed by atoms with Crippen LogP contribution in [0.4, 0.5) is 0 Å². The van der Waals surface area contributed by atoms with E-state index in [1.165, 1.54) is 0 Å². The van der Waals surface area contributed by atoms with Crippen molar-refractivity contribution in [3.63, 3.8) is 0 Å². The number of quaternary nitrogens is 1. The Labute approximate surface area is 192 Å². The summed E-state index contributed by atoms with van der Waals surface area (Å²) in [6, 6.07) is 9.33. The van der Waals surface area contributed by atoms with Crippen LogP contribution in [0.3, 0.4) is 0 Å². The third kappa shape index (κ3) is 6.73. The van der Waals surface area contributed by atoms with Crippen LogP contribution in [0, 0.1) is 5.92 Å². The lowest BCUT2D eigenvalue weighted by Crippen LogP contribution is -2.46. The first-order valence-electron chi connectivity index (χ1n) is 11.0. The molecule has 0 aromatic heterocycles. The molecule has 0 amide bonds. The maximum absolute atomic E-state index is 12.9. The van der Waals surface area contributed by atoms with E-state index in [4.69, 9.17) is 25.2 Å². The highest BCUT2D eigenvalue weighted by molar-refractivity contribution is 5.83. The second-order valence-corrected chi connectivity index (χ2v) is 9.34. The van der Waals surface area contributed by atoms with Gasteiger partial charge in [0.1, 0.15) is 6.54 Å². The fourth-order valence-electron chi connectivity index (χ4n) is 4.39. The monoisotopic (exact) mass is 468 g/mol. The van der Waals surface area contributed by atoms with Crippen LogP contribution in [0.15, 0.2) is 30.3 Å². The van der Waals surface area contributed by atoms with Crippen molar-refractivity contribution in [2.45, 2.75) is 56.0 Å². The Balaban J connectivity index is 0.000000328. The van der Waals surface area contributed by atoms with Gasteiger partial charge < -0.3 is 34.8 Å². The van der Waals surface area contributed by atoms with Crippen LogP contribution in [-0.2, 0) is 24.7 Å². The Kier molecular flexibility index (Phi) is 8.96. The summed E-state index contributed by atoms with van der Waals surface area (Å²) in [5, 5.41) is 43.9. The fraction of sp³-hybridized carbons (Fsp3) is 0.609. The molecule has 1 aromatic carbocycles. The van der Waals surface area contributed by atoms with E-state index >= 15 is 0 Å². The van der Waals surface area contributed by atoms with Gasteiger partial charge in [0.25, 0.3) is 0 Å². The highest BCUT2D eigenvalue weighted by Gasteiger charge is 2.49. The molecule has 1 aliphatic carbocycles. The highest BCUT2D eigenvalue weighted by Crippen LogP contribution is 2.42. The fourth-order valence-corrected chi connectivity index (χ4v) is 4.39. The van der Waals surface area contributed by atoms with E-state index in [0.717, 1.165) is 49.7 Å². The van der Waals surface area contributed by atoms with Crippen molar-refractivity contribution in [1.29, 1.82) is 0 Å². The second-order valence-electron chi connectivity index (χ2n) is 9.34. The van der Waals surface area contributed by atoms with Gasteiger partial charge in [0.2, 0.25) is 0 Å². The number of aliphatic carboxylic acids is 2. The minimum atomic E-state index is -2.27. The number of aliphatic hydroxyl groups excluding tert-OH is 2. The summed E-state index contributed by atoms with van der Waals surface area (Å²) in [6.45, 7) is 1.83. The molecule has 10 nitrogen and oxygen atoms in total. The minimum Gasteiger partial charge on any atom is -0.479 e. The van der Waals surface area contributed by atoms with E-state index in [-0.39, 0.29) is 12.0 Å². The standard InChI is InChI=1S/C19H28NO3.C4H6O6/c1-20(2)13-12-17(14-20)23-18(21)19(22,16-10-6-7-11-16)15-8-4-3-5-9-15;5-1(3(7)8)2(6)4(9)10/h3-5,8-9,16-17,22H,6-7,10-14H2,1-2H3;1-2,5-6H,(H,7,8)(H,9,10)/q+1;/t;1-,2-/m.1/s1. The summed E-state index contributed by atoms with van der Waals surface area (Å²) in [4.78, 5) is 32.5. The summed E-state index contributed by atoms with van der Waals surface area (Å²) in [7, 11) is 4.29. The molecule has 0 spiro atoms. The maximum Gasteiger partial charge on any atom is 0.343 e. The summed E-state index contributed by atoms with van der Waals surface area (Å²) in [5.74, 6) is -4.03. The lowest BCUT2D eigenvalue weighted by Gasteiger charge is -2.33. The van der Waals surface area contributed by atoms with Crippen LogP contribution >= 0.6 is 0 Å². The number of rotatable bonds is 7. The molecular weight excluding hydrogens is 434 g/mol. The second kappa shape index (κ2) is 11.1. The molecule has 0 radical (unpaired) electrons. The zero-order chi connectivity index (χ0) is 24.8. The molecule has 1 heterocycles. The van der Waals surface area contributed by atoms with Crippen molar-refractivity contribution in [2.24, 2.45) is 5.92 Å². The number of benzene rings is 1. The molecule has 3 rings (SSSR count). The number of carbonyl (C=O) groups excluding carboxylic acids is 1. The molecule has 5 N–H and O–H groups in total. The van der Waals surface area contributed by atoms with Crippen molar-refractivity contribution < 1.29 is 49.1 Å². The number of aliphatic hydroxyl groups is 3. The third-order valence-corrected chi connectivity index (χ3v) is 6.30. The number of ether oxygens (including phenoxy) is 1. The first-order valence-corrected chi connectivity index (χ1v) is 11.0. The summed E-state index contributed by atoms with van der Waals surface area (Å²) in [5.41, 5.74) is -0.832. The van der Waals surface area contributed by atoms with Gasteiger partial charge in [-0.3, -0.25) is 0 Å². The normalized spacial score (nSPS) is 23.5. The average Bonchev–Trinajstić information content (AvgIpc) is 3.42. The summed E-state index contributed by atoms with van der Waals surface area (Å²) >= 11 is 0. The Bertz CT molecular complexity index is 804. The Hall–Kier alpha value is -2.53.